The molecule has 1 aliphatic carbocycles. The average Bonchev–Trinajstić information content (AvgIpc) is 3.13. The van der Waals surface area contributed by atoms with E-state index >= 15 is 0 Å². The fraction of sp³-hybridized carbons (Fsp3) is 0.618. The van der Waals surface area contributed by atoms with Crippen LogP contribution in [0.3, 0.4) is 0 Å². The lowest BCUT2D eigenvalue weighted by atomic mass is 9.78. The van der Waals surface area contributed by atoms with E-state index in [1.54, 1.807) is 6.20 Å². The van der Waals surface area contributed by atoms with Crippen molar-refractivity contribution in [3.05, 3.63) is 59.7 Å². The normalized spacial score (nSPS) is 32.5. The Morgan fingerprint density at radius 3 is 2.51 bits per heavy atom. The van der Waals surface area contributed by atoms with Crippen LogP contribution < -0.4 is 21.3 Å². The first-order chi connectivity index (χ1) is 25.2. The van der Waals surface area contributed by atoms with Crippen LogP contribution in [0.2, 0.25) is 0 Å². The van der Waals surface area contributed by atoms with Gasteiger partial charge >= 0.3 is 11.9 Å². The monoisotopic (exact) mass is 754 g/mol. The minimum Gasteiger partial charge on any atom is -0.478 e. The number of aliphatic carboxylic acids is 1. The molecule has 0 bridgehead atoms. The second-order valence-corrected chi connectivity index (χ2v) is 13.1. The fourth-order valence-electron chi connectivity index (χ4n) is 6.63. The molecular weight excluding hydrogens is 702 g/mol. The van der Waals surface area contributed by atoms with Crippen molar-refractivity contribution >= 4 is 17.9 Å². The Bertz CT molecular complexity index is 1470. The van der Waals surface area contributed by atoms with Gasteiger partial charge in [0.1, 0.15) is 60.6 Å². The molecule has 0 spiro atoms. The number of guanidine groups is 1. The molecule has 1 saturated heterocycles. The van der Waals surface area contributed by atoms with Crippen LogP contribution >= 0.6 is 0 Å². The lowest BCUT2D eigenvalue weighted by molar-refractivity contribution is -0.843. The van der Waals surface area contributed by atoms with Gasteiger partial charge in [0.15, 0.2) is 18.4 Å². The number of aliphatic hydroxyl groups excluding tert-OH is 3. The molecule has 19 nitrogen and oxygen atoms in total. The van der Waals surface area contributed by atoms with Crippen LogP contribution in [0.15, 0.2) is 64.7 Å². The summed E-state index contributed by atoms with van der Waals surface area (Å²) in [5.74, 6) is -6.67. The number of quaternary nitrogens is 1. The maximum atomic E-state index is 13.8. The molecule has 1 saturated carbocycles. The number of nitrogens with two attached hydrogens (primary N) is 1. The molecule has 0 radical (unpaired) electrons. The van der Waals surface area contributed by atoms with Crippen LogP contribution in [0.25, 0.3) is 0 Å². The van der Waals surface area contributed by atoms with Crippen LogP contribution in [0.5, 0.6) is 0 Å². The van der Waals surface area contributed by atoms with Gasteiger partial charge in [0, 0.05) is 7.05 Å². The molecule has 19 heteroatoms. The van der Waals surface area contributed by atoms with Gasteiger partial charge in [-0.05, 0) is 44.9 Å². The first-order valence-electron chi connectivity index (χ1n) is 17.3. The van der Waals surface area contributed by atoms with Crippen molar-refractivity contribution in [2.24, 2.45) is 16.6 Å². The first kappa shape index (κ1) is 42.0. The molecule has 2 fully saturated rings. The number of nitrogens with one attached hydrogen (secondary N) is 3. The highest BCUT2D eigenvalue weighted by Crippen LogP contribution is 2.41. The molecule has 8 atom stereocenters. The van der Waals surface area contributed by atoms with Crippen molar-refractivity contribution in [1.29, 1.82) is 0 Å². The number of hydrogen-bond acceptors (Lipinski definition) is 15. The second-order valence-electron chi connectivity index (χ2n) is 13.1. The zero-order chi connectivity index (χ0) is 38.9. The van der Waals surface area contributed by atoms with Gasteiger partial charge < -0.3 is 75.4 Å². The molecule has 1 unspecified atom stereocenters. The molecular formula is C34H52N5O14+. The molecule has 4 rings (SSSR count). The number of esters is 1. The number of carbonyl (C=O) groups excluding carboxylic acids is 1. The second kappa shape index (κ2) is 18.5. The Kier molecular flexibility index (Phi) is 14.7. The van der Waals surface area contributed by atoms with Gasteiger partial charge in [-0.25, -0.2) is 9.59 Å². The number of allylic oxidation sites excluding steroid dienone is 1. The van der Waals surface area contributed by atoms with E-state index in [2.05, 4.69) is 22.2 Å². The fourth-order valence-corrected chi connectivity index (χ4v) is 6.63. The summed E-state index contributed by atoms with van der Waals surface area (Å²) in [5.41, 5.74) is 3.36. The molecule has 12 N–H and O–H groups in total. The van der Waals surface area contributed by atoms with Gasteiger partial charge in [0.25, 0.3) is 0 Å². The number of carbonyl (C=O) groups is 2. The van der Waals surface area contributed by atoms with Crippen molar-refractivity contribution in [1.82, 2.24) is 10.6 Å². The van der Waals surface area contributed by atoms with Gasteiger partial charge in [-0.1, -0.05) is 12.5 Å². The summed E-state index contributed by atoms with van der Waals surface area (Å²) in [5, 5.41) is 79.9. The highest BCUT2D eigenvalue weighted by Gasteiger charge is 2.58. The van der Waals surface area contributed by atoms with Crippen LogP contribution in [0.4, 0.5) is 0 Å². The Hall–Kier alpha value is -3.73. The third kappa shape index (κ3) is 9.51. The number of nitrogens with zero attached hydrogens (tertiary/aromatic N) is 1. The van der Waals surface area contributed by atoms with Gasteiger partial charge in [-0.3, -0.25) is 10.3 Å². The average molecular weight is 755 g/mol. The number of aliphatic hydroxyl groups is 6. The van der Waals surface area contributed by atoms with E-state index in [1.165, 1.54) is 32.3 Å². The maximum absolute atomic E-state index is 13.8. The van der Waals surface area contributed by atoms with E-state index in [-0.39, 0.29) is 54.8 Å². The molecule has 0 aromatic carbocycles. The summed E-state index contributed by atoms with van der Waals surface area (Å²) in [7, 11) is 2.91. The molecule has 296 valence electrons. The first-order valence-corrected chi connectivity index (χ1v) is 17.3. The Labute approximate surface area is 306 Å². The Morgan fingerprint density at radius 2 is 1.91 bits per heavy atom. The number of rotatable bonds is 15. The van der Waals surface area contributed by atoms with Crippen LogP contribution in [0.1, 0.15) is 32.1 Å². The number of aliphatic imine (C=N–C) groups is 1. The number of carboxylic acids is 1. The minimum atomic E-state index is -3.00. The third-order valence-electron chi connectivity index (χ3n) is 9.53. The zero-order valence-electron chi connectivity index (χ0n) is 29.7. The van der Waals surface area contributed by atoms with Gasteiger partial charge in [0.05, 0.1) is 37.1 Å². The van der Waals surface area contributed by atoms with Crippen molar-refractivity contribution < 1.29 is 73.9 Å². The molecule has 3 heterocycles. The standard InChI is InChI=1S/C34H51N5O14/c1-4-22-30(53-31-27(50-18-36-2)34(47,48)26(42)24(16-41)52-31)49-17-23(29(45)51-20-8-6-5-7-9-20)33(22,46)11-10-19-14-39(12-13-40)15-21(28(43)44)25(19)38-32(35)37-3/h4,10-11,14,17,20,22,24,26-27,30-31,36,40-42,46-48H,1,5-9,12-13,15-16,18H2,2-3H3,(H,43,44)(H3,35,37,38)/p+1/b11-10-/t22-,24+,26+,27-,30-,31-,33+/m0/s1. The highest BCUT2D eigenvalue weighted by molar-refractivity contribution is 5.93. The topological polar surface area (TPSA) is 289 Å². The summed E-state index contributed by atoms with van der Waals surface area (Å²) < 4.78 is 28.8. The van der Waals surface area contributed by atoms with Crippen LogP contribution in [-0.4, -0.2) is 149 Å². The summed E-state index contributed by atoms with van der Waals surface area (Å²) in [6.45, 7) is 2.57. The smallest absolute Gasteiger partial charge is 0.340 e. The van der Waals surface area contributed by atoms with Crippen molar-refractivity contribution in [2.45, 2.75) is 80.5 Å². The summed E-state index contributed by atoms with van der Waals surface area (Å²) in [6, 6.07) is 0. The predicted octanol–water partition coefficient (Wildman–Crippen LogP) is -3.82. The van der Waals surface area contributed by atoms with Gasteiger partial charge in [0.2, 0.25) is 12.1 Å². The molecule has 4 aliphatic rings. The van der Waals surface area contributed by atoms with Crippen molar-refractivity contribution in [3.63, 3.8) is 0 Å². The van der Waals surface area contributed by atoms with Crippen LogP contribution in [0, 0.1) is 5.92 Å². The molecule has 53 heavy (non-hydrogen) atoms. The van der Waals surface area contributed by atoms with E-state index < -0.39 is 72.8 Å². The van der Waals surface area contributed by atoms with Crippen molar-refractivity contribution in [2.75, 3.05) is 47.1 Å². The van der Waals surface area contributed by atoms with E-state index in [9.17, 15) is 45.3 Å². The van der Waals surface area contributed by atoms with E-state index in [0.29, 0.717) is 17.7 Å². The molecule has 0 aromatic heterocycles. The number of ether oxygens (including phenoxy) is 5. The lowest BCUT2D eigenvalue weighted by Crippen LogP contribution is -3.09. The molecule has 0 amide bonds. The Balaban J connectivity index is 1.80. The lowest BCUT2D eigenvalue weighted by Gasteiger charge is -2.48. The van der Waals surface area contributed by atoms with Gasteiger partial charge in [-0.15, -0.1) is 6.58 Å². The summed E-state index contributed by atoms with van der Waals surface area (Å²) in [6.07, 6.45) is 1.14. The maximum Gasteiger partial charge on any atom is 0.340 e. The van der Waals surface area contributed by atoms with Crippen LogP contribution in [-0.2, 0) is 33.3 Å². The summed E-state index contributed by atoms with van der Waals surface area (Å²) in [4.78, 5) is 30.6. The summed E-state index contributed by atoms with van der Waals surface area (Å²) >= 11 is 0. The third-order valence-corrected chi connectivity index (χ3v) is 9.53. The highest BCUT2D eigenvalue weighted by atomic mass is 16.8. The minimum absolute atomic E-state index is 0.0341. The largest absolute Gasteiger partial charge is 0.478 e. The Morgan fingerprint density at radius 1 is 1.19 bits per heavy atom. The van der Waals surface area contributed by atoms with Crippen molar-refractivity contribution in [3.8, 4) is 0 Å². The zero-order valence-corrected chi connectivity index (χ0v) is 29.7. The SMILES string of the molecule is C=C[C@H]1[C@H](O[C@@H]2O[C@H](CO)[C@@H](O)C(O)(O)[C@H]2OCNC)OC=C(C(=O)OC2CCCCC2)[C@@]1(O)/C=C\C1=C[NH+](CCO)CC(C(=O)O)=C1NC(N)=NC. The number of carboxylic acid groups (broad SMARTS) is 1. The predicted molar refractivity (Wildman–Crippen MR) is 184 cm³/mol. The van der Waals surface area contributed by atoms with Gasteiger partial charge in [-0.2, -0.15) is 0 Å². The van der Waals surface area contributed by atoms with E-state index in [0.717, 1.165) is 25.5 Å². The van der Waals surface area contributed by atoms with E-state index in [1.807, 2.05) is 0 Å². The molecule has 0 aromatic rings. The number of hydrogen-bond donors (Lipinski definition) is 11. The van der Waals surface area contributed by atoms with E-state index in [4.69, 9.17) is 29.4 Å². The quantitative estimate of drug-likeness (QED) is 0.0251. The molecule has 3 aliphatic heterocycles.